The Hall–Kier alpha value is -3.00. The summed E-state index contributed by atoms with van der Waals surface area (Å²) in [4.78, 5) is 38.6. The van der Waals surface area contributed by atoms with Gasteiger partial charge in [-0.2, -0.15) is 5.26 Å². The molecule has 0 aromatic heterocycles. The number of nitrogens with zero attached hydrogens (tertiary/aromatic N) is 1. The highest BCUT2D eigenvalue weighted by Crippen LogP contribution is 2.42. The summed E-state index contributed by atoms with van der Waals surface area (Å²) < 4.78 is 11.3. The van der Waals surface area contributed by atoms with E-state index in [-0.39, 0.29) is 27.3 Å². The number of rotatable bonds is 9. The third-order valence-electron chi connectivity index (χ3n) is 5.97. The SMILES string of the molecule is CCOc1ccc([C@@H]2C(C#N)=C(SCC(=O)Nc3c(C)cc(Br)cc3CC)NC(=O)[C@@H]2C(=O)OC)cc1Cl. The second-order valence-electron chi connectivity index (χ2n) is 8.39. The minimum absolute atomic E-state index is 0.0703. The average Bonchev–Trinajstić information content (AvgIpc) is 2.89. The van der Waals surface area contributed by atoms with Gasteiger partial charge >= 0.3 is 5.97 Å². The van der Waals surface area contributed by atoms with E-state index in [1.54, 1.807) is 18.2 Å². The molecule has 0 aliphatic carbocycles. The highest BCUT2D eigenvalue weighted by molar-refractivity contribution is 9.10. The van der Waals surface area contributed by atoms with E-state index in [0.717, 1.165) is 39.5 Å². The van der Waals surface area contributed by atoms with Crippen LogP contribution in [-0.4, -0.2) is 37.3 Å². The first-order chi connectivity index (χ1) is 18.1. The van der Waals surface area contributed by atoms with Crippen molar-refractivity contribution in [2.75, 3.05) is 24.8 Å². The molecule has 0 saturated heterocycles. The zero-order valence-corrected chi connectivity index (χ0v) is 24.5. The Balaban J connectivity index is 1.94. The van der Waals surface area contributed by atoms with Gasteiger partial charge in [0.05, 0.1) is 41.2 Å². The predicted molar refractivity (Wildman–Crippen MR) is 151 cm³/mol. The zero-order valence-electron chi connectivity index (χ0n) is 21.3. The molecule has 0 fully saturated rings. The van der Waals surface area contributed by atoms with Gasteiger partial charge in [-0.25, -0.2) is 0 Å². The lowest BCUT2D eigenvalue weighted by Gasteiger charge is -2.31. The van der Waals surface area contributed by atoms with E-state index >= 15 is 0 Å². The van der Waals surface area contributed by atoms with Crippen LogP contribution in [0.3, 0.4) is 0 Å². The number of thioether (sulfide) groups is 1. The maximum Gasteiger partial charge on any atom is 0.319 e. The fourth-order valence-electron chi connectivity index (χ4n) is 4.25. The van der Waals surface area contributed by atoms with Crippen LogP contribution in [0.5, 0.6) is 5.75 Å². The summed E-state index contributed by atoms with van der Waals surface area (Å²) in [5, 5.41) is 16.1. The van der Waals surface area contributed by atoms with Gasteiger partial charge in [-0.15, -0.1) is 0 Å². The predicted octanol–water partition coefficient (Wildman–Crippen LogP) is 5.48. The minimum Gasteiger partial charge on any atom is -0.492 e. The maximum absolute atomic E-state index is 13.1. The monoisotopic (exact) mass is 619 g/mol. The van der Waals surface area contributed by atoms with Crippen molar-refractivity contribution in [3.8, 4) is 11.8 Å². The molecule has 1 aliphatic heterocycles. The number of methoxy groups -OCH3 is 1. The van der Waals surface area contributed by atoms with Crippen LogP contribution in [0.2, 0.25) is 5.02 Å². The topological polar surface area (TPSA) is 118 Å². The summed E-state index contributed by atoms with van der Waals surface area (Å²) in [6, 6.07) is 10.8. The highest BCUT2D eigenvalue weighted by atomic mass is 79.9. The van der Waals surface area contributed by atoms with Gasteiger partial charge in [-0.3, -0.25) is 14.4 Å². The fourth-order valence-corrected chi connectivity index (χ4v) is 5.96. The molecule has 0 unspecified atom stereocenters. The molecule has 2 aromatic carbocycles. The van der Waals surface area contributed by atoms with E-state index in [9.17, 15) is 19.6 Å². The number of esters is 1. The second kappa shape index (κ2) is 13.2. The quantitative estimate of drug-likeness (QED) is 0.282. The van der Waals surface area contributed by atoms with Crippen LogP contribution in [0.4, 0.5) is 5.69 Å². The van der Waals surface area contributed by atoms with Gasteiger partial charge in [0.25, 0.3) is 0 Å². The molecule has 2 N–H and O–H groups in total. The molecule has 0 saturated carbocycles. The number of hydrogen-bond acceptors (Lipinski definition) is 7. The number of aryl methyl sites for hydroxylation is 2. The smallest absolute Gasteiger partial charge is 0.319 e. The van der Waals surface area contributed by atoms with Gasteiger partial charge in [0.1, 0.15) is 11.7 Å². The molecule has 200 valence electrons. The maximum atomic E-state index is 13.1. The van der Waals surface area contributed by atoms with Crippen LogP contribution in [0.1, 0.15) is 36.5 Å². The number of halogens is 2. The number of nitriles is 1. The molecular weight excluding hydrogens is 594 g/mol. The Labute approximate surface area is 239 Å². The number of carbonyl (C=O) groups excluding carboxylic acids is 3. The third kappa shape index (κ3) is 6.52. The summed E-state index contributed by atoms with van der Waals surface area (Å²) in [7, 11) is 1.18. The fraction of sp³-hybridized carbons (Fsp3) is 0.333. The molecule has 0 spiro atoms. The molecule has 2 atom stereocenters. The van der Waals surface area contributed by atoms with Crippen molar-refractivity contribution < 1.29 is 23.9 Å². The molecule has 38 heavy (non-hydrogen) atoms. The van der Waals surface area contributed by atoms with Crippen LogP contribution < -0.4 is 15.4 Å². The van der Waals surface area contributed by atoms with Crippen molar-refractivity contribution in [1.29, 1.82) is 5.26 Å². The Morgan fingerprint density at radius 3 is 2.61 bits per heavy atom. The van der Waals surface area contributed by atoms with Crippen LogP contribution in [0.15, 0.2) is 45.4 Å². The average molecular weight is 621 g/mol. The van der Waals surface area contributed by atoms with Crippen LogP contribution in [-0.2, 0) is 25.5 Å². The van der Waals surface area contributed by atoms with E-state index in [0.29, 0.717) is 17.9 Å². The van der Waals surface area contributed by atoms with Crippen molar-refractivity contribution in [3.05, 3.63) is 67.1 Å². The molecule has 3 rings (SSSR count). The first kappa shape index (κ1) is 29.6. The normalized spacial score (nSPS) is 16.9. The molecule has 1 heterocycles. The molecule has 11 heteroatoms. The van der Waals surface area contributed by atoms with E-state index in [2.05, 4.69) is 32.6 Å². The number of nitrogens with one attached hydrogen (secondary N) is 2. The molecule has 2 amide bonds. The van der Waals surface area contributed by atoms with Gasteiger partial charge in [0, 0.05) is 16.1 Å². The third-order valence-corrected chi connectivity index (χ3v) is 7.74. The Bertz CT molecular complexity index is 1340. The summed E-state index contributed by atoms with van der Waals surface area (Å²) in [6.07, 6.45) is 0.726. The molecule has 0 radical (unpaired) electrons. The molecule has 8 nitrogen and oxygen atoms in total. The van der Waals surface area contributed by atoms with Crippen LogP contribution in [0.25, 0.3) is 0 Å². The Kier molecular flexibility index (Phi) is 10.3. The number of benzene rings is 2. The van der Waals surface area contributed by atoms with Gasteiger partial charge in [-0.05, 0) is 61.2 Å². The first-order valence-corrected chi connectivity index (χ1v) is 14.0. The number of amides is 2. The highest BCUT2D eigenvalue weighted by Gasteiger charge is 2.44. The number of carbonyl (C=O) groups is 3. The number of allylic oxidation sites excluding steroid dienone is 1. The van der Waals surface area contributed by atoms with Crippen LogP contribution in [0, 0.1) is 24.2 Å². The molecule has 0 bridgehead atoms. The van der Waals surface area contributed by atoms with Crippen molar-refractivity contribution in [3.63, 3.8) is 0 Å². The number of ether oxygens (including phenoxy) is 2. The lowest BCUT2D eigenvalue weighted by molar-refractivity contribution is -0.150. The lowest BCUT2D eigenvalue weighted by Crippen LogP contribution is -2.44. The summed E-state index contributed by atoms with van der Waals surface area (Å²) in [5.41, 5.74) is 3.22. The Morgan fingerprint density at radius 2 is 2.00 bits per heavy atom. The van der Waals surface area contributed by atoms with Gasteiger partial charge < -0.3 is 20.1 Å². The van der Waals surface area contributed by atoms with E-state index in [1.807, 2.05) is 32.9 Å². The summed E-state index contributed by atoms with van der Waals surface area (Å²) >= 11 is 10.9. The molecular formula is C27H27BrClN3O5S. The van der Waals surface area contributed by atoms with E-state index in [4.69, 9.17) is 21.1 Å². The molecule has 2 aromatic rings. The standard InChI is InChI=1S/C27H27BrClN3O5S/c1-5-15-10-17(28)9-14(3)24(15)31-21(33)13-38-26-18(12-30)22(23(25(34)32-26)27(35)36-4)16-7-8-20(37-6-2)19(29)11-16/h7-11,22-23H,5-6,13H2,1-4H3,(H,31,33)(H,32,34)/t22-,23-/m1/s1. The summed E-state index contributed by atoms with van der Waals surface area (Å²) in [5.74, 6) is -3.62. The van der Waals surface area contributed by atoms with Gasteiger partial charge in [0.15, 0.2) is 0 Å². The van der Waals surface area contributed by atoms with Gasteiger partial charge in [0.2, 0.25) is 11.8 Å². The first-order valence-electron chi connectivity index (χ1n) is 11.8. The van der Waals surface area contributed by atoms with Crippen molar-refractivity contribution in [1.82, 2.24) is 5.32 Å². The van der Waals surface area contributed by atoms with Crippen molar-refractivity contribution in [2.45, 2.75) is 33.1 Å². The summed E-state index contributed by atoms with van der Waals surface area (Å²) in [6.45, 7) is 6.13. The van der Waals surface area contributed by atoms with E-state index < -0.39 is 23.7 Å². The Morgan fingerprint density at radius 1 is 1.26 bits per heavy atom. The minimum atomic E-state index is -1.31. The largest absolute Gasteiger partial charge is 0.492 e. The van der Waals surface area contributed by atoms with Crippen molar-refractivity contribution in [2.24, 2.45) is 5.92 Å². The van der Waals surface area contributed by atoms with Crippen molar-refractivity contribution >= 4 is 62.8 Å². The van der Waals surface area contributed by atoms with E-state index in [1.165, 1.54) is 7.11 Å². The number of anilines is 1. The van der Waals surface area contributed by atoms with Crippen LogP contribution >= 0.6 is 39.3 Å². The number of hydrogen-bond donors (Lipinski definition) is 2. The van der Waals surface area contributed by atoms with Gasteiger partial charge in [-0.1, -0.05) is 52.3 Å². The second-order valence-corrected chi connectivity index (χ2v) is 10.7. The molecule has 1 aliphatic rings. The lowest BCUT2D eigenvalue weighted by atomic mass is 9.78. The zero-order chi connectivity index (χ0) is 28.0.